The summed E-state index contributed by atoms with van der Waals surface area (Å²) < 4.78 is 0.991. The first-order valence-corrected chi connectivity index (χ1v) is 7.89. The zero-order valence-electron chi connectivity index (χ0n) is 10.2. The van der Waals surface area contributed by atoms with Gasteiger partial charge in [0.05, 0.1) is 16.4 Å². The maximum atomic E-state index is 5.82. The van der Waals surface area contributed by atoms with E-state index in [1.165, 1.54) is 19.3 Å². The topological polar surface area (TPSA) is 50.9 Å². The molecule has 3 nitrogen and oxygen atoms in total. The van der Waals surface area contributed by atoms with Crippen molar-refractivity contribution in [1.82, 2.24) is 4.98 Å². The predicted octanol–water partition coefficient (Wildman–Crippen LogP) is 3.43. The molecule has 1 aliphatic carbocycles. The highest BCUT2D eigenvalue weighted by atomic mass is 79.9. The van der Waals surface area contributed by atoms with Gasteiger partial charge in [-0.1, -0.05) is 0 Å². The number of aromatic nitrogens is 1. The summed E-state index contributed by atoms with van der Waals surface area (Å²) in [5, 5.41) is 4.31. The van der Waals surface area contributed by atoms with Gasteiger partial charge < -0.3 is 11.1 Å². The zero-order valence-corrected chi connectivity index (χ0v) is 12.6. The molecule has 2 rings (SSSR count). The first kappa shape index (κ1) is 13.0. The molecule has 1 aromatic heterocycles. The Labute approximate surface area is 115 Å². The van der Waals surface area contributed by atoms with Gasteiger partial charge in [0, 0.05) is 11.3 Å². The Hall–Kier alpha value is -0.420. The molecule has 0 bridgehead atoms. The van der Waals surface area contributed by atoms with Gasteiger partial charge in [-0.2, -0.15) is 11.8 Å². The molecular weight excluding hydrogens is 298 g/mol. The Morgan fingerprint density at radius 3 is 2.94 bits per heavy atom. The van der Waals surface area contributed by atoms with Crippen molar-refractivity contribution in [2.24, 2.45) is 0 Å². The Morgan fingerprint density at radius 2 is 2.29 bits per heavy atom. The number of pyridine rings is 1. The van der Waals surface area contributed by atoms with E-state index in [1.54, 1.807) is 6.20 Å². The van der Waals surface area contributed by atoms with Crippen molar-refractivity contribution < 1.29 is 0 Å². The highest BCUT2D eigenvalue weighted by molar-refractivity contribution is 9.10. The molecule has 0 aliphatic heterocycles. The normalized spacial score (nSPS) is 23.9. The largest absolute Gasteiger partial charge is 0.397 e. The van der Waals surface area contributed by atoms with Crippen molar-refractivity contribution in [3.63, 3.8) is 0 Å². The van der Waals surface area contributed by atoms with Crippen LogP contribution in [0.5, 0.6) is 0 Å². The van der Waals surface area contributed by atoms with Gasteiger partial charge in [0.25, 0.3) is 0 Å². The molecule has 1 aromatic rings. The molecule has 2 unspecified atom stereocenters. The quantitative estimate of drug-likeness (QED) is 0.897. The molecular formula is C12H18BrN3S. The second kappa shape index (κ2) is 5.48. The number of hydrogen-bond acceptors (Lipinski definition) is 4. The number of nitrogens with zero attached hydrogens (tertiary/aromatic N) is 1. The lowest BCUT2D eigenvalue weighted by molar-refractivity contribution is 0.751. The summed E-state index contributed by atoms with van der Waals surface area (Å²) in [7, 11) is 0. The summed E-state index contributed by atoms with van der Waals surface area (Å²) in [5.74, 6) is 0.920. The van der Waals surface area contributed by atoms with Crippen molar-refractivity contribution in [3.8, 4) is 0 Å². The van der Waals surface area contributed by atoms with Crippen LogP contribution in [-0.2, 0) is 0 Å². The fourth-order valence-electron chi connectivity index (χ4n) is 2.17. The summed E-state index contributed by atoms with van der Waals surface area (Å²) in [6, 6.07) is 0.541. The van der Waals surface area contributed by atoms with E-state index in [0.717, 1.165) is 26.8 Å². The molecule has 1 fully saturated rings. The molecule has 5 heteroatoms. The second-order valence-corrected chi connectivity index (χ2v) is 6.44. The van der Waals surface area contributed by atoms with E-state index in [9.17, 15) is 0 Å². The molecule has 1 saturated carbocycles. The first-order valence-electron chi connectivity index (χ1n) is 5.81. The average Bonchev–Trinajstić information content (AvgIpc) is 2.78. The average molecular weight is 316 g/mol. The molecule has 0 saturated heterocycles. The van der Waals surface area contributed by atoms with Crippen molar-refractivity contribution in [2.75, 3.05) is 17.3 Å². The number of anilines is 2. The van der Waals surface area contributed by atoms with E-state index in [0.29, 0.717) is 6.04 Å². The number of nitrogens with one attached hydrogen (secondary N) is 1. The van der Waals surface area contributed by atoms with Crippen LogP contribution in [0.4, 0.5) is 11.5 Å². The first-order chi connectivity index (χ1) is 8.11. The van der Waals surface area contributed by atoms with Gasteiger partial charge in [-0.3, -0.25) is 0 Å². The fraction of sp³-hybridized carbons (Fsp3) is 0.583. The van der Waals surface area contributed by atoms with Crippen LogP contribution >= 0.6 is 27.7 Å². The number of rotatable bonds is 3. The lowest BCUT2D eigenvalue weighted by Crippen LogP contribution is -2.17. The van der Waals surface area contributed by atoms with Gasteiger partial charge in [0.1, 0.15) is 5.82 Å². The van der Waals surface area contributed by atoms with Gasteiger partial charge in [0.2, 0.25) is 0 Å². The third-order valence-corrected chi connectivity index (χ3v) is 5.43. The van der Waals surface area contributed by atoms with Crippen LogP contribution in [0.2, 0.25) is 0 Å². The number of nitrogen functional groups attached to an aromatic ring is 1. The molecule has 0 amide bonds. The van der Waals surface area contributed by atoms with Gasteiger partial charge in [-0.15, -0.1) is 0 Å². The van der Waals surface area contributed by atoms with Crippen molar-refractivity contribution in [1.29, 1.82) is 0 Å². The number of halogens is 1. The summed E-state index contributed by atoms with van der Waals surface area (Å²) in [4.78, 5) is 4.36. The predicted molar refractivity (Wildman–Crippen MR) is 79.7 cm³/mol. The molecule has 0 spiro atoms. The van der Waals surface area contributed by atoms with Crippen LogP contribution < -0.4 is 11.1 Å². The molecule has 0 radical (unpaired) electrons. The van der Waals surface area contributed by atoms with Crippen LogP contribution in [0.15, 0.2) is 10.7 Å². The Morgan fingerprint density at radius 1 is 1.53 bits per heavy atom. The van der Waals surface area contributed by atoms with Crippen LogP contribution in [0.3, 0.4) is 0 Å². The van der Waals surface area contributed by atoms with Gasteiger partial charge in [-0.05, 0) is 53.9 Å². The number of nitrogens with two attached hydrogens (primary N) is 1. The minimum Gasteiger partial charge on any atom is -0.397 e. The summed E-state index contributed by atoms with van der Waals surface area (Å²) >= 11 is 5.52. The van der Waals surface area contributed by atoms with Crippen molar-refractivity contribution in [3.05, 3.63) is 16.2 Å². The van der Waals surface area contributed by atoms with Crippen LogP contribution in [0.1, 0.15) is 24.8 Å². The van der Waals surface area contributed by atoms with E-state index in [1.807, 2.05) is 18.7 Å². The monoisotopic (exact) mass is 315 g/mol. The van der Waals surface area contributed by atoms with Gasteiger partial charge in [-0.25, -0.2) is 4.98 Å². The lowest BCUT2D eigenvalue weighted by atomic mass is 10.2. The third-order valence-electron chi connectivity index (χ3n) is 3.36. The van der Waals surface area contributed by atoms with Crippen LogP contribution in [0.25, 0.3) is 0 Å². The zero-order chi connectivity index (χ0) is 12.4. The summed E-state index contributed by atoms with van der Waals surface area (Å²) in [6.07, 6.45) is 7.66. The van der Waals surface area contributed by atoms with Crippen LogP contribution in [-0.4, -0.2) is 22.5 Å². The minimum absolute atomic E-state index is 0.541. The SMILES string of the molecule is CSC1CCC(Nc2ncc(N)c(C)c2Br)C1. The lowest BCUT2D eigenvalue weighted by Gasteiger charge is -2.16. The van der Waals surface area contributed by atoms with Gasteiger partial charge in [0.15, 0.2) is 0 Å². The van der Waals surface area contributed by atoms with Gasteiger partial charge >= 0.3 is 0 Å². The minimum atomic E-state index is 0.541. The molecule has 2 atom stereocenters. The maximum Gasteiger partial charge on any atom is 0.140 e. The third kappa shape index (κ3) is 2.88. The Bertz CT molecular complexity index is 411. The summed E-state index contributed by atoms with van der Waals surface area (Å²) in [6.45, 7) is 2.01. The maximum absolute atomic E-state index is 5.82. The van der Waals surface area contributed by atoms with E-state index in [2.05, 4.69) is 32.5 Å². The van der Waals surface area contributed by atoms with E-state index < -0.39 is 0 Å². The van der Waals surface area contributed by atoms with Crippen molar-refractivity contribution >= 4 is 39.2 Å². The highest BCUT2D eigenvalue weighted by Crippen LogP contribution is 2.33. The van der Waals surface area contributed by atoms with E-state index in [-0.39, 0.29) is 0 Å². The molecule has 0 aromatic carbocycles. The Balaban J connectivity index is 2.07. The molecule has 17 heavy (non-hydrogen) atoms. The number of thioether (sulfide) groups is 1. The van der Waals surface area contributed by atoms with E-state index in [4.69, 9.17) is 5.73 Å². The van der Waals surface area contributed by atoms with Crippen LogP contribution in [0, 0.1) is 6.92 Å². The van der Waals surface area contributed by atoms with E-state index >= 15 is 0 Å². The fourth-order valence-corrected chi connectivity index (χ4v) is 3.41. The highest BCUT2D eigenvalue weighted by Gasteiger charge is 2.24. The standard InChI is InChI=1S/C12H18BrN3S/c1-7-10(14)6-15-12(11(7)13)16-8-3-4-9(5-8)17-2/h6,8-9H,3-5,14H2,1-2H3,(H,15,16). The van der Waals surface area contributed by atoms with Crippen molar-refractivity contribution in [2.45, 2.75) is 37.5 Å². The molecule has 1 aliphatic rings. The number of hydrogen-bond donors (Lipinski definition) is 2. The Kier molecular flexibility index (Phi) is 4.20. The molecule has 1 heterocycles. The summed E-state index contributed by atoms with van der Waals surface area (Å²) in [5.41, 5.74) is 7.61. The second-order valence-electron chi connectivity index (χ2n) is 4.51. The molecule has 94 valence electrons. The smallest absolute Gasteiger partial charge is 0.140 e. The molecule has 3 N–H and O–H groups in total.